The molecule has 0 radical (unpaired) electrons. The van der Waals surface area contributed by atoms with Crippen molar-refractivity contribution < 1.29 is 9.29 Å². The summed E-state index contributed by atoms with van der Waals surface area (Å²) in [6, 6.07) is 6.74. The molecule has 1 aliphatic rings. The first-order chi connectivity index (χ1) is 16.4. The predicted octanol–water partition coefficient (Wildman–Crippen LogP) is 4.63. The molecule has 1 aromatic carbocycles. The van der Waals surface area contributed by atoms with Gasteiger partial charge < -0.3 is 14.2 Å². The normalized spacial score (nSPS) is 16.7. The quantitative estimate of drug-likeness (QED) is 0.292. The van der Waals surface area contributed by atoms with Crippen molar-refractivity contribution in [3.63, 3.8) is 0 Å². The third-order valence-corrected chi connectivity index (χ3v) is 6.95. The average Bonchev–Trinajstić information content (AvgIpc) is 2.85. The molecule has 0 aliphatic carbocycles. The van der Waals surface area contributed by atoms with E-state index in [1.165, 1.54) is 5.57 Å². The highest BCUT2D eigenvalue weighted by atomic mass is 35.5. The van der Waals surface area contributed by atoms with Crippen LogP contribution in [0.15, 0.2) is 70.9 Å². The molecule has 0 amide bonds. The first-order valence-electron chi connectivity index (χ1n) is 10.9. The fraction of sp³-hybridized carbons (Fsp3) is 0.333. The number of allylic oxidation sites excluding steroid dienone is 3. The van der Waals surface area contributed by atoms with Gasteiger partial charge >= 0.3 is 0 Å². The molecule has 7 nitrogen and oxygen atoms in total. The Hall–Kier alpha value is -2.23. The Morgan fingerprint density at radius 1 is 1.15 bits per heavy atom. The number of anilines is 1. The maximum atomic E-state index is 12.9. The van der Waals surface area contributed by atoms with E-state index in [4.69, 9.17) is 27.9 Å². The summed E-state index contributed by atoms with van der Waals surface area (Å²) in [5, 5.41) is 0.957. The minimum absolute atomic E-state index is 0.455. The summed E-state index contributed by atoms with van der Waals surface area (Å²) >= 11 is 10.6. The van der Waals surface area contributed by atoms with Crippen LogP contribution in [0.25, 0.3) is 0 Å². The first-order valence-corrected chi connectivity index (χ1v) is 12.8. The highest BCUT2D eigenvalue weighted by Gasteiger charge is 2.20. The summed E-state index contributed by atoms with van der Waals surface area (Å²) in [7, 11) is 1.54. The van der Waals surface area contributed by atoms with Gasteiger partial charge in [-0.25, -0.2) is 14.7 Å². The number of halogens is 2. The van der Waals surface area contributed by atoms with Gasteiger partial charge in [-0.3, -0.25) is 4.90 Å². The smallest absolute Gasteiger partial charge is 0.226 e. The summed E-state index contributed by atoms with van der Waals surface area (Å²) in [4.78, 5) is 13.7. The van der Waals surface area contributed by atoms with Crippen LogP contribution >= 0.6 is 23.2 Å². The van der Waals surface area contributed by atoms with Crippen LogP contribution in [0.3, 0.4) is 0 Å². The molecule has 0 bridgehead atoms. The molecule has 10 heteroatoms. The van der Waals surface area contributed by atoms with Crippen LogP contribution in [0.1, 0.15) is 13.8 Å². The van der Waals surface area contributed by atoms with Crippen molar-refractivity contribution in [1.29, 1.82) is 0 Å². The number of nitrogens with zero attached hydrogens (tertiary/aromatic N) is 4. The molecular weight excluding hydrogens is 493 g/mol. The van der Waals surface area contributed by atoms with Crippen molar-refractivity contribution in [2.75, 3.05) is 44.7 Å². The second-order valence-corrected chi connectivity index (χ2v) is 9.55. The first kappa shape index (κ1) is 26.4. The molecule has 2 heterocycles. The van der Waals surface area contributed by atoms with Crippen LogP contribution in [0.4, 0.5) is 5.95 Å². The van der Waals surface area contributed by atoms with E-state index in [1.54, 1.807) is 37.6 Å². The van der Waals surface area contributed by atoms with E-state index in [0.29, 0.717) is 26.8 Å². The lowest BCUT2D eigenvalue weighted by molar-refractivity contribution is 0.278. The number of ether oxygens (including phenoxy) is 1. The Bertz CT molecular complexity index is 1060. The van der Waals surface area contributed by atoms with E-state index in [0.717, 1.165) is 38.4 Å². The number of hydrogen-bond acceptors (Lipinski definition) is 7. The second-order valence-electron chi connectivity index (χ2n) is 7.55. The largest absolute Gasteiger partial charge is 0.588 e. The van der Waals surface area contributed by atoms with Crippen LogP contribution < -0.4 is 14.4 Å². The van der Waals surface area contributed by atoms with Gasteiger partial charge in [0.05, 0.1) is 12.8 Å². The highest BCUT2D eigenvalue weighted by molar-refractivity contribution is 7.89. The number of hydrogen-bond donors (Lipinski definition) is 1. The van der Waals surface area contributed by atoms with Gasteiger partial charge in [0.25, 0.3) is 0 Å². The van der Waals surface area contributed by atoms with E-state index in [9.17, 15) is 4.55 Å². The van der Waals surface area contributed by atoms with E-state index in [-0.39, 0.29) is 0 Å². The van der Waals surface area contributed by atoms with Crippen LogP contribution in [0.2, 0.25) is 10.2 Å². The molecule has 0 spiro atoms. The minimum atomic E-state index is -1.52. The molecule has 1 N–H and O–H groups in total. The SMILES string of the molecule is C\C=C(/C=C\C(=C/C)N[S+]([O-])c1cc(Cl)ccc1OC)CN1CCN(c2nccc(Cl)n2)CC1. The van der Waals surface area contributed by atoms with E-state index >= 15 is 0 Å². The van der Waals surface area contributed by atoms with Gasteiger partial charge in [0, 0.05) is 50.0 Å². The lowest BCUT2D eigenvalue weighted by Gasteiger charge is -2.34. The van der Waals surface area contributed by atoms with Crippen molar-refractivity contribution in [3.05, 3.63) is 76.2 Å². The Morgan fingerprint density at radius 2 is 1.91 bits per heavy atom. The molecule has 2 aromatic rings. The summed E-state index contributed by atoms with van der Waals surface area (Å²) < 4.78 is 21.2. The van der Waals surface area contributed by atoms with Crippen LogP contribution in [-0.2, 0) is 11.4 Å². The van der Waals surface area contributed by atoms with Crippen molar-refractivity contribution in [3.8, 4) is 5.75 Å². The van der Waals surface area contributed by atoms with Gasteiger partial charge in [-0.15, -0.1) is 0 Å². The molecular formula is C24H29Cl2N5O2S. The highest BCUT2D eigenvalue weighted by Crippen LogP contribution is 2.27. The number of rotatable bonds is 9. The zero-order valence-corrected chi connectivity index (χ0v) is 21.8. The van der Waals surface area contributed by atoms with E-state index < -0.39 is 11.4 Å². The fourth-order valence-corrected chi connectivity index (χ4v) is 4.87. The Morgan fingerprint density at radius 3 is 2.56 bits per heavy atom. The van der Waals surface area contributed by atoms with Crippen molar-refractivity contribution in [1.82, 2.24) is 19.6 Å². The van der Waals surface area contributed by atoms with Crippen molar-refractivity contribution in [2.24, 2.45) is 0 Å². The van der Waals surface area contributed by atoms with Crippen molar-refractivity contribution in [2.45, 2.75) is 18.7 Å². The van der Waals surface area contributed by atoms with Gasteiger partial charge in [0.15, 0.2) is 5.75 Å². The molecule has 1 aliphatic heterocycles. The fourth-order valence-electron chi connectivity index (χ4n) is 3.43. The van der Waals surface area contributed by atoms with Gasteiger partial charge in [0.2, 0.25) is 10.8 Å². The third-order valence-electron chi connectivity index (χ3n) is 5.36. The number of piperazine rings is 1. The maximum absolute atomic E-state index is 12.9. The average molecular weight is 523 g/mol. The Balaban J connectivity index is 1.55. The number of benzene rings is 1. The van der Waals surface area contributed by atoms with Crippen LogP contribution in [0, 0.1) is 0 Å². The summed E-state index contributed by atoms with van der Waals surface area (Å²) in [5.41, 5.74) is 1.90. The zero-order valence-electron chi connectivity index (χ0n) is 19.5. The lowest BCUT2D eigenvalue weighted by atomic mass is 10.2. The summed E-state index contributed by atoms with van der Waals surface area (Å²) in [5.74, 6) is 1.19. The molecule has 34 heavy (non-hydrogen) atoms. The zero-order chi connectivity index (χ0) is 24.5. The van der Waals surface area contributed by atoms with Crippen LogP contribution in [0.5, 0.6) is 5.75 Å². The summed E-state index contributed by atoms with van der Waals surface area (Å²) in [6.07, 6.45) is 9.62. The minimum Gasteiger partial charge on any atom is -0.588 e. The lowest BCUT2D eigenvalue weighted by Crippen LogP contribution is -2.47. The number of methoxy groups -OCH3 is 1. The van der Waals surface area contributed by atoms with Crippen molar-refractivity contribution >= 4 is 40.5 Å². The topological polar surface area (TPSA) is 76.6 Å². The maximum Gasteiger partial charge on any atom is 0.226 e. The standard InChI is InChI=1S/C24H29Cl2N5O2S/c1-4-18(17-30-12-14-31(15-13-30)24-27-11-10-23(26)28-24)6-8-20(5-2)29-34(32)22-16-19(25)7-9-21(22)33-3/h4-11,16,29H,12-15,17H2,1-3H3/b8-6-,18-4+,20-5+. The molecule has 182 valence electrons. The van der Waals surface area contributed by atoms with Crippen LogP contribution in [-0.4, -0.2) is 59.3 Å². The molecule has 1 fully saturated rings. The molecule has 1 atom stereocenters. The monoisotopic (exact) mass is 521 g/mol. The third kappa shape index (κ3) is 7.38. The predicted molar refractivity (Wildman–Crippen MR) is 140 cm³/mol. The second kappa shape index (κ2) is 13.0. The number of nitrogens with one attached hydrogen (secondary N) is 1. The molecule has 1 aromatic heterocycles. The number of aromatic nitrogens is 2. The summed E-state index contributed by atoms with van der Waals surface area (Å²) in [6.45, 7) is 8.20. The van der Waals surface area contributed by atoms with E-state index in [2.05, 4.69) is 30.6 Å². The molecule has 1 saturated heterocycles. The Kier molecular flexibility index (Phi) is 10.1. The van der Waals surface area contributed by atoms with Gasteiger partial charge in [-0.2, -0.15) is 0 Å². The van der Waals surface area contributed by atoms with E-state index in [1.807, 2.05) is 32.1 Å². The van der Waals surface area contributed by atoms with Gasteiger partial charge in [0.1, 0.15) is 16.5 Å². The molecule has 0 saturated carbocycles. The molecule has 1 unspecified atom stereocenters. The Labute approximate surface area is 214 Å². The van der Waals surface area contributed by atoms with Gasteiger partial charge in [-0.05, 0) is 43.7 Å². The molecule has 3 rings (SSSR count). The van der Waals surface area contributed by atoms with Gasteiger partial charge in [-0.1, -0.05) is 41.4 Å².